The Morgan fingerprint density at radius 1 is 1.28 bits per heavy atom. The number of carbonyl (C=O) groups excluding carboxylic acids is 1. The van der Waals surface area contributed by atoms with E-state index >= 15 is 0 Å². The van der Waals surface area contributed by atoms with E-state index in [1.165, 1.54) is 0 Å². The van der Waals surface area contributed by atoms with Gasteiger partial charge >= 0.3 is 0 Å². The molecule has 0 aliphatic carbocycles. The molecule has 2 heterocycles. The lowest BCUT2D eigenvalue weighted by Crippen LogP contribution is -2.05. The zero-order valence-electron chi connectivity index (χ0n) is 12.8. The highest BCUT2D eigenvalue weighted by Crippen LogP contribution is 2.36. The summed E-state index contributed by atoms with van der Waals surface area (Å²) in [4.78, 5) is 19.1. The molecule has 0 radical (unpaired) electrons. The predicted molar refractivity (Wildman–Crippen MR) is 94.2 cm³/mol. The lowest BCUT2D eigenvalue weighted by molar-refractivity contribution is -0.118. The van der Waals surface area contributed by atoms with Crippen molar-refractivity contribution in [1.29, 1.82) is 0 Å². The number of azo groups is 1. The molecule has 0 atom stereocenters. The molecular weight excluding hydrogens is 342 g/mol. The molecule has 0 bridgehead atoms. The monoisotopic (exact) mass is 353 g/mol. The van der Waals surface area contributed by atoms with E-state index in [2.05, 4.69) is 20.2 Å². The van der Waals surface area contributed by atoms with Crippen LogP contribution in [-0.2, 0) is 11.3 Å². The number of benzene rings is 2. The molecule has 2 aromatic heterocycles. The van der Waals surface area contributed by atoms with Crippen LogP contribution in [0.5, 0.6) is 5.88 Å². The molecule has 7 nitrogen and oxygen atoms in total. The first-order valence-electron chi connectivity index (χ1n) is 7.46. The van der Waals surface area contributed by atoms with Crippen LogP contribution < -0.4 is 0 Å². The number of H-pyrrole nitrogens is 1. The second kappa shape index (κ2) is 6.03. The Morgan fingerprint density at radius 3 is 3.00 bits per heavy atom. The topological polar surface area (TPSA) is 95.6 Å². The Labute approximate surface area is 146 Å². The van der Waals surface area contributed by atoms with Gasteiger partial charge in [0.05, 0.1) is 22.9 Å². The number of halogens is 1. The maximum Gasteiger partial charge on any atom is 0.284 e. The molecule has 124 valence electrons. The number of hydrogen-bond donors (Lipinski definition) is 2. The Balaban J connectivity index is 1.60. The molecule has 0 aliphatic rings. The summed E-state index contributed by atoms with van der Waals surface area (Å²) in [5.41, 5.74) is 2.48. The molecule has 2 aromatic carbocycles. The number of hydrogen-bond acceptors (Lipinski definition) is 4. The quantitative estimate of drug-likeness (QED) is 0.540. The van der Waals surface area contributed by atoms with Crippen molar-refractivity contribution in [3.05, 3.63) is 53.8 Å². The Kier molecular flexibility index (Phi) is 3.70. The lowest BCUT2D eigenvalue weighted by atomic mass is 10.2. The smallest absolute Gasteiger partial charge is 0.284 e. The van der Waals surface area contributed by atoms with Gasteiger partial charge in [0.1, 0.15) is 6.54 Å². The highest BCUT2D eigenvalue weighted by Gasteiger charge is 2.12. The van der Waals surface area contributed by atoms with E-state index in [0.29, 0.717) is 15.9 Å². The number of aromatic amines is 1. The molecule has 0 saturated heterocycles. The van der Waals surface area contributed by atoms with Crippen molar-refractivity contribution in [3.8, 4) is 5.88 Å². The summed E-state index contributed by atoms with van der Waals surface area (Å²) >= 11 is 5.97. The molecule has 0 spiro atoms. The minimum atomic E-state index is -0.459. The Hall–Kier alpha value is -3.19. The zero-order valence-corrected chi connectivity index (χ0v) is 13.6. The first-order chi connectivity index (χ1) is 12.1. The van der Waals surface area contributed by atoms with Crippen LogP contribution in [0.3, 0.4) is 0 Å². The molecule has 25 heavy (non-hydrogen) atoms. The molecule has 0 unspecified atom stereocenters. The van der Waals surface area contributed by atoms with Crippen LogP contribution in [0, 0.1) is 0 Å². The van der Waals surface area contributed by atoms with E-state index in [0.717, 1.165) is 11.0 Å². The molecule has 8 heteroatoms. The van der Waals surface area contributed by atoms with Gasteiger partial charge in [0.25, 0.3) is 5.91 Å². The van der Waals surface area contributed by atoms with Crippen molar-refractivity contribution in [1.82, 2.24) is 14.5 Å². The molecular formula is C17H12ClN5O2. The highest BCUT2D eigenvalue weighted by atomic mass is 35.5. The van der Waals surface area contributed by atoms with Crippen molar-refractivity contribution < 1.29 is 9.90 Å². The highest BCUT2D eigenvalue weighted by molar-refractivity contribution is 6.31. The number of aromatic nitrogens is 3. The second-order valence-electron chi connectivity index (χ2n) is 5.47. The van der Waals surface area contributed by atoms with Crippen molar-refractivity contribution in [2.75, 3.05) is 0 Å². The van der Waals surface area contributed by atoms with E-state index in [-0.39, 0.29) is 18.1 Å². The third-order valence-corrected chi connectivity index (χ3v) is 4.04. The van der Waals surface area contributed by atoms with Crippen molar-refractivity contribution in [2.24, 2.45) is 10.2 Å². The first kappa shape index (κ1) is 15.3. The maximum absolute atomic E-state index is 12.1. The minimum Gasteiger partial charge on any atom is -0.493 e. The van der Waals surface area contributed by atoms with Crippen LogP contribution in [0.25, 0.3) is 21.9 Å². The number of fused-ring (bicyclic) bond motifs is 2. The summed E-state index contributed by atoms with van der Waals surface area (Å²) in [6.45, 7) is 0.00782. The summed E-state index contributed by atoms with van der Waals surface area (Å²) < 4.78 is 1.70. The van der Waals surface area contributed by atoms with Gasteiger partial charge in [-0.15, -0.1) is 10.2 Å². The molecule has 4 rings (SSSR count). The molecule has 0 aliphatic heterocycles. The number of nitrogens with zero attached hydrogens (tertiary/aromatic N) is 4. The molecule has 0 saturated carbocycles. The number of imidazole rings is 1. The van der Waals surface area contributed by atoms with Crippen LogP contribution in [0.4, 0.5) is 5.69 Å². The predicted octanol–water partition coefficient (Wildman–Crippen LogP) is 4.19. The lowest BCUT2D eigenvalue weighted by Gasteiger charge is -1.99. The largest absolute Gasteiger partial charge is 0.493 e. The van der Waals surface area contributed by atoms with Crippen molar-refractivity contribution >= 4 is 45.1 Å². The Morgan fingerprint density at radius 2 is 2.12 bits per heavy atom. The van der Waals surface area contributed by atoms with Crippen molar-refractivity contribution in [3.63, 3.8) is 0 Å². The van der Waals surface area contributed by atoms with Crippen molar-refractivity contribution in [2.45, 2.75) is 6.54 Å². The fourth-order valence-corrected chi connectivity index (χ4v) is 2.83. The number of aromatic hydroxyl groups is 1. The van der Waals surface area contributed by atoms with Crippen LogP contribution >= 0.6 is 11.6 Å². The standard InChI is InChI=1S/C17H12ClN5O2/c18-10-5-6-12-11(7-10)16(17(25)20-12)22-21-15(24)8-23-9-19-13-3-1-2-4-14(13)23/h1-7,9,20,25H,8H2. The van der Waals surface area contributed by atoms with Gasteiger partial charge in [-0.2, -0.15) is 0 Å². The number of carbonyl (C=O) groups is 1. The van der Waals surface area contributed by atoms with E-state index < -0.39 is 5.91 Å². The summed E-state index contributed by atoms with van der Waals surface area (Å²) in [6.07, 6.45) is 1.58. The van der Waals surface area contributed by atoms with Gasteiger partial charge in [0.15, 0.2) is 5.69 Å². The molecule has 4 aromatic rings. The average Bonchev–Trinajstić information content (AvgIpc) is 3.14. The summed E-state index contributed by atoms with van der Waals surface area (Å²) in [6, 6.07) is 12.6. The van der Waals surface area contributed by atoms with Gasteiger partial charge in [-0.3, -0.25) is 4.79 Å². The van der Waals surface area contributed by atoms with Crippen LogP contribution in [0.15, 0.2) is 59.0 Å². The zero-order chi connectivity index (χ0) is 17.4. The number of amides is 1. The first-order valence-corrected chi connectivity index (χ1v) is 7.84. The molecule has 1 amide bonds. The number of rotatable bonds is 3. The van der Waals surface area contributed by atoms with E-state index in [4.69, 9.17) is 11.6 Å². The van der Waals surface area contributed by atoms with E-state index in [1.54, 1.807) is 29.1 Å². The van der Waals surface area contributed by atoms with Crippen LogP contribution in [0.2, 0.25) is 5.02 Å². The maximum atomic E-state index is 12.1. The fraction of sp³-hybridized carbons (Fsp3) is 0.0588. The SMILES string of the molecule is O=C(Cn1cnc2ccccc21)N=Nc1c(O)[nH]c2ccc(Cl)cc12. The van der Waals surface area contributed by atoms with Gasteiger partial charge in [0.2, 0.25) is 5.88 Å². The Bertz CT molecular complexity index is 1130. The summed E-state index contributed by atoms with van der Waals surface area (Å²) in [5, 5.41) is 18.6. The van der Waals surface area contributed by atoms with Gasteiger partial charge in [-0.05, 0) is 30.3 Å². The third kappa shape index (κ3) is 2.85. The second-order valence-corrected chi connectivity index (χ2v) is 5.90. The number of para-hydroxylation sites is 2. The van der Waals surface area contributed by atoms with Crippen LogP contribution in [0.1, 0.15) is 0 Å². The van der Waals surface area contributed by atoms with Gasteiger partial charge in [0, 0.05) is 10.4 Å². The van der Waals surface area contributed by atoms with Crippen LogP contribution in [-0.4, -0.2) is 25.5 Å². The summed E-state index contributed by atoms with van der Waals surface area (Å²) in [5.74, 6) is -0.624. The third-order valence-electron chi connectivity index (χ3n) is 3.81. The van der Waals surface area contributed by atoms with Gasteiger partial charge in [-0.1, -0.05) is 23.7 Å². The normalized spacial score (nSPS) is 11.7. The molecule has 0 fully saturated rings. The average molecular weight is 354 g/mol. The minimum absolute atomic E-state index is 0.00782. The molecule has 2 N–H and O–H groups in total. The van der Waals surface area contributed by atoms with Gasteiger partial charge < -0.3 is 14.7 Å². The van der Waals surface area contributed by atoms with Gasteiger partial charge in [-0.25, -0.2) is 4.98 Å². The fourth-order valence-electron chi connectivity index (χ4n) is 2.66. The number of nitrogens with one attached hydrogen (secondary N) is 1. The van der Waals surface area contributed by atoms with E-state index in [9.17, 15) is 9.90 Å². The summed E-state index contributed by atoms with van der Waals surface area (Å²) in [7, 11) is 0. The van der Waals surface area contributed by atoms with E-state index in [1.807, 2.05) is 24.3 Å².